The van der Waals surface area contributed by atoms with E-state index in [1.807, 2.05) is 91.0 Å². The van der Waals surface area contributed by atoms with E-state index in [0.717, 1.165) is 28.7 Å². The number of methoxy groups -OCH3 is 2. The predicted molar refractivity (Wildman–Crippen MR) is 154 cm³/mol. The Bertz CT molecular complexity index is 1360. The second-order valence-electron chi connectivity index (χ2n) is 10.0. The molecule has 0 amide bonds. The first-order valence-electron chi connectivity index (χ1n) is 13.6. The lowest BCUT2D eigenvalue weighted by Gasteiger charge is -2.22. The molecule has 0 aliphatic carbocycles. The summed E-state index contributed by atoms with van der Waals surface area (Å²) in [5.74, 6) is 2.81. The van der Waals surface area contributed by atoms with E-state index >= 15 is 0 Å². The molecule has 3 atom stereocenters. The van der Waals surface area contributed by atoms with Gasteiger partial charge >= 0.3 is 0 Å². The highest BCUT2D eigenvalue weighted by atomic mass is 16.5. The first-order chi connectivity index (χ1) is 19.7. The molecule has 208 valence electrons. The standard InChI is InChI=1S/C34H36O6/c1-36-32-18-26(13-15-30(32)38-21-24-9-5-3-6-10-24)17-28-23-40-34(29(28)20-35)27-14-16-31(33(19-27)37-2)39-22-25-11-7-4-8-12-25/h3-16,18-19,28-29,34-35H,17,20-23H2,1-2H3/t28-,29-,34+/m0/s1. The summed E-state index contributed by atoms with van der Waals surface area (Å²) in [5.41, 5.74) is 4.26. The van der Waals surface area contributed by atoms with Crippen molar-refractivity contribution in [3.05, 3.63) is 119 Å². The Labute approximate surface area is 236 Å². The fourth-order valence-corrected chi connectivity index (χ4v) is 5.23. The maximum absolute atomic E-state index is 10.4. The molecular formula is C34H36O6. The van der Waals surface area contributed by atoms with Crippen molar-refractivity contribution in [3.8, 4) is 23.0 Å². The normalized spacial score (nSPS) is 18.3. The minimum absolute atomic E-state index is 0.0271. The number of hydrogen-bond acceptors (Lipinski definition) is 6. The predicted octanol–water partition coefficient (Wildman–Crippen LogP) is 6.40. The van der Waals surface area contributed by atoms with Gasteiger partial charge in [-0.2, -0.15) is 0 Å². The highest BCUT2D eigenvalue weighted by Gasteiger charge is 2.38. The molecule has 1 heterocycles. The summed E-state index contributed by atoms with van der Waals surface area (Å²) in [6.45, 7) is 1.51. The quantitative estimate of drug-likeness (QED) is 0.224. The van der Waals surface area contributed by atoms with Crippen LogP contribution in [0.15, 0.2) is 97.1 Å². The number of aliphatic hydroxyl groups excluding tert-OH is 1. The average molecular weight is 541 g/mol. The van der Waals surface area contributed by atoms with Gasteiger partial charge < -0.3 is 28.8 Å². The van der Waals surface area contributed by atoms with Gasteiger partial charge in [-0.25, -0.2) is 0 Å². The van der Waals surface area contributed by atoms with Crippen LogP contribution in [0, 0.1) is 11.8 Å². The fraction of sp³-hybridized carbons (Fsp3) is 0.294. The summed E-state index contributed by atoms with van der Waals surface area (Å²) in [5, 5.41) is 10.4. The third-order valence-corrected chi connectivity index (χ3v) is 7.41. The molecule has 0 bridgehead atoms. The van der Waals surface area contributed by atoms with Crippen molar-refractivity contribution in [3.63, 3.8) is 0 Å². The summed E-state index contributed by atoms with van der Waals surface area (Å²) in [6, 6.07) is 32.0. The Balaban J connectivity index is 1.24. The maximum Gasteiger partial charge on any atom is 0.161 e. The van der Waals surface area contributed by atoms with Crippen LogP contribution >= 0.6 is 0 Å². The summed E-state index contributed by atoms with van der Waals surface area (Å²) in [7, 11) is 3.29. The average Bonchev–Trinajstić information content (AvgIpc) is 3.42. The number of benzene rings is 4. The van der Waals surface area contributed by atoms with E-state index < -0.39 is 0 Å². The molecule has 0 spiro atoms. The molecule has 4 aromatic rings. The lowest BCUT2D eigenvalue weighted by molar-refractivity contribution is 0.0716. The molecular weight excluding hydrogens is 504 g/mol. The molecule has 5 rings (SSSR count). The lowest BCUT2D eigenvalue weighted by atomic mass is 9.84. The third kappa shape index (κ3) is 6.58. The van der Waals surface area contributed by atoms with Crippen molar-refractivity contribution in [1.82, 2.24) is 0 Å². The van der Waals surface area contributed by atoms with Crippen molar-refractivity contribution in [1.29, 1.82) is 0 Å². The second-order valence-corrected chi connectivity index (χ2v) is 10.0. The summed E-state index contributed by atoms with van der Waals surface area (Å²) in [6.07, 6.45) is 0.523. The van der Waals surface area contributed by atoms with Gasteiger partial charge in [-0.3, -0.25) is 0 Å². The van der Waals surface area contributed by atoms with Gasteiger partial charge in [0, 0.05) is 12.5 Å². The topological polar surface area (TPSA) is 66.4 Å². The first kappa shape index (κ1) is 27.6. The van der Waals surface area contributed by atoms with E-state index in [9.17, 15) is 5.11 Å². The van der Waals surface area contributed by atoms with Crippen molar-refractivity contribution in [2.75, 3.05) is 27.4 Å². The highest BCUT2D eigenvalue weighted by molar-refractivity contribution is 5.45. The Hall–Kier alpha value is -4.00. The van der Waals surface area contributed by atoms with Gasteiger partial charge in [0.25, 0.3) is 0 Å². The van der Waals surface area contributed by atoms with Gasteiger partial charge in [-0.15, -0.1) is 0 Å². The lowest BCUT2D eigenvalue weighted by Crippen LogP contribution is -2.21. The molecule has 1 aliphatic heterocycles. The van der Waals surface area contributed by atoms with Gasteiger partial charge in [0.1, 0.15) is 13.2 Å². The maximum atomic E-state index is 10.4. The SMILES string of the molecule is COc1cc(C[C@H]2CO[C@H](c3ccc(OCc4ccccc4)c(OC)c3)[C@H]2CO)ccc1OCc1ccccc1. The Morgan fingerprint density at radius 2 is 1.25 bits per heavy atom. The second kappa shape index (κ2) is 13.4. The minimum atomic E-state index is -0.234. The molecule has 0 aromatic heterocycles. The fourth-order valence-electron chi connectivity index (χ4n) is 5.23. The van der Waals surface area contributed by atoms with E-state index in [1.165, 1.54) is 0 Å². The van der Waals surface area contributed by atoms with Gasteiger partial charge in [0.2, 0.25) is 0 Å². The van der Waals surface area contributed by atoms with Crippen LogP contribution in [0.4, 0.5) is 0 Å². The molecule has 1 aliphatic rings. The van der Waals surface area contributed by atoms with Crippen LogP contribution in [0.2, 0.25) is 0 Å². The molecule has 40 heavy (non-hydrogen) atoms. The Kier molecular flexibility index (Phi) is 9.22. The summed E-state index contributed by atoms with van der Waals surface area (Å²) in [4.78, 5) is 0. The van der Waals surface area contributed by atoms with Crippen LogP contribution in [0.25, 0.3) is 0 Å². The zero-order valence-corrected chi connectivity index (χ0v) is 23.0. The van der Waals surface area contributed by atoms with Gasteiger partial charge in [0.05, 0.1) is 26.9 Å². The Morgan fingerprint density at radius 1 is 0.675 bits per heavy atom. The van der Waals surface area contributed by atoms with Gasteiger partial charge in [-0.05, 0) is 58.9 Å². The monoisotopic (exact) mass is 540 g/mol. The first-order valence-corrected chi connectivity index (χ1v) is 13.6. The summed E-state index contributed by atoms with van der Waals surface area (Å²) >= 11 is 0. The van der Waals surface area contributed by atoms with E-state index in [1.54, 1.807) is 14.2 Å². The van der Waals surface area contributed by atoms with Crippen molar-refractivity contribution < 1.29 is 28.8 Å². The zero-order chi connectivity index (χ0) is 27.7. The molecule has 0 radical (unpaired) electrons. The van der Waals surface area contributed by atoms with E-state index in [-0.39, 0.29) is 24.5 Å². The van der Waals surface area contributed by atoms with Gasteiger partial charge in [0.15, 0.2) is 23.0 Å². The molecule has 1 N–H and O–H groups in total. The molecule has 6 nitrogen and oxygen atoms in total. The minimum Gasteiger partial charge on any atom is -0.493 e. The van der Waals surface area contributed by atoms with Crippen molar-refractivity contribution in [2.24, 2.45) is 11.8 Å². The zero-order valence-electron chi connectivity index (χ0n) is 23.0. The van der Waals surface area contributed by atoms with Crippen LogP contribution in [0.5, 0.6) is 23.0 Å². The molecule has 1 fully saturated rings. The number of rotatable bonds is 12. The van der Waals surface area contributed by atoms with Crippen LogP contribution in [-0.4, -0.2) is 32.5 Å². The van der Waals surface area contributed by atoms with E-state index in [2.05, 4.69) is 6.07 Å². The smallest absolute Gasteiger partial charge is 0.161 e. The van der Waals surface area contributed by atoms with E-state index in [4.69, 9.17) is 23.7 Å². The van der Waals surface area contributed by atoms with Gasteiger partial charge in [-0.1, -0.05) is 72.8 Å². The molecule has 0 unspecified atom stereocenters. The Morgan fingerprint density at radius 3 is 1.82 bits per heavy atom. The van der Waals surface area contributed by atoms with Crippen molar-refractivity contribution >= 4 is 0 Å². The largest absolute Gasteiger partial charge is 0.493 e. The molecule has 1 saturated heterocycles. The van der Waals surface area contributed by atoms with Crippen LogP contribution in [0.1, 0.15) is 28.4 Å². The number of hydrogen-bond donors (Lipinski definition) is 1. The van der Waals surface area contributed by atoms with Crippen LogP contribution in [-0.2, 0) is 24.4 Å². The van der Waals surface area contributed by atoms with Crippen LogP contribution < -0.4 is 18.9 Å². The molecule has 0 saturated carbocycles. The van der Waals surface area contributed by atoms with E-state index in [0.29, 0.717) is 42.8 Å². The van der Waals surface area contributed by atoms with Crippen molar-refractivity contribution in [2.45, 2.75) is 25.7 Å². The summed E-state index contributed by atoms with van der Waals surface area (Å²) < 4.78 is 29.6. The third-order valence-electron chi connectivity index (χ3n) is 7.41. The number of aliphatic hydroxyl groups is 1. The highest BCUT2D eigenvalue weighted by Crippen LogP contribution is 2.43. The number of ether oxygens (including phenoxy) is 5. The van der Waals surface area contributed by atoms with Crippen LogP contribution in [0.3, 0.4) is 0 Å². The molecule has 6 heteroatoms. The molecule has 4 aromatic carbocycles.